The van der Waals surface area contributed by atoms with Gasteiger partial charge in [-0.3, -0.25) is 0 Å². The van der Waals surface area contributed by atoms with E-state index >= 15 is 0 Å². The second kappa shape index (κ2) is 6.93. The van der Waals surface area contributed by atoms with E-state index in [-0.39, 0.29) is 0 Å². The first-order valence-corrected chi connectivity index (χ1v) is 7.41. The van der Waals surface area contributed by atoms with Gasteiger partial charge in [0.1, 0.15) is 6.33 Å². The molecule has 0 radical (unpaired) electrons. The second-order valence-corrected chi connectivity index (χ2v) is 5.62. The van der Waals surface area contributed by atoms with Gasteiger partial charge in [-0.15, -0.1) is 10.2 Å². The molecule has 1 aromatic heterocycles. The monoisotopic (exact) mass is 296 g/mol. The number of nitrogens with zero attached hydrogens (tertiary/aromatic N) is 3. The van der Waals surface area contributed by atoms with Crippen molar-refractivity contribution in [2.45, 2.75) is 29.9 Å². The summed E-state index contributed by atoms with van der Waals surface area (Å²) in [5.41, 5.74) is 1.19. The van der Waals surface area contributed by atoms with Crippen LogP contribution in [0.5, 0.6) is 0 Å². The standard InChI is InChI=1S/C13H17ClN4S/c1-3-7-15-8-10-5-4-6-11(14)12(10)19-13-17-16-9-18(13)2/h4-6,9,15H,3,7-8H2,1-2H3. The van der Waals surface area contributed by atoms with Gasteiger partial charge in [0.05, 0.1) is 5.02 Å². The molecule has 102 valence electrons. The zero-order valence-electron chi connectivity index (χ0n) is 11.1. The molecule has 19 heavy (non-hydrogen) atoms. The topological polar surface area (TPSA) is 42.7 Å². The summed E-state index contributed by atoms with van der Waals surface area (Å²) in [5, 5.41) is 13.0. The summed E-state index contributed by atoms with van der Waals surface area (Å²) < 4.78 is 1.89. The zero-order valence-corrected chi connectivity index (χ0v) is 12.6. The Morgan fingerprint density at radius 3 is 2.95 bits per heavy atom. The van der Waals surface area contributed by atoms with Crippen molar-refractivity contribution in [2.24, 2.45) is 7.05 Å². The molecular formula is C13H17ClN4S. The molecule has 0 spiro atoms. The molecule has 2 rings (SSSR count). The number of halogens is 1. The minimum Gasteiger partial charge on any atom is -0.313 e. The van der Waals surface area contributed by atoms with Gasteiger partial charge in [-0.2, -0.15) is 0 Å². The molecule has 0 bridgehead atoms. The largest absolute Gasteiger partial charge is 0.313 e. The maximum atomic E-state index is 6.31. The molecule has 0 fully saturated rings. The summed E-state index contributed by atoms with van der Waals surface area (Å²) in [6.45, 7) is 3.97. The number of hydrogen-bond donors (Lipinski definition) is 1. The fraction of sp³-hybridized carbons (Fsp3) is 0.385. The fourth-order valence-electron chi connectivity index (χ4n) is 1.66. The van der Waals surface area contributed by atoms with Crippen LogP contribution in [0.25, 0.3) is 0 Å². The summed E-state index contributed by atoms with van der Waals surface area (Å²) in [4.78, 5) is 1.05. The average Bonchev–Trinajstić information content (AvgIpc) is 2.79. The average molecular weight is 297 g/mol. The Balaban J connectivity index is 2.20. The number of aromatic nitrogens is 3. The van der Waals surface area contributed by atoms with E-state index in [0.29, 0.717) is 0 Å². The number of hydrogen-bond acceptors (Lipinski definition) is 4. The van der Waals surface area contributed by atoms with Crippen molar-refractivity contribution in [3.8, 4) is 0 Å². The van der Waals surface area contributed by atoms with Gasteiger partial charge in [0.15, 0.2) is 5.16 Å². The third kappa shape index (κ3) is 3.72. The number of rotatable bonds is 6. The molecule has 0 aliphatic carbocycles. The highest BCUT2D eigenvalue weighted by atomic mass is 35.5. The lowest BCUT2D eigenvalue weighted by Crippen LogP contribution is -2.14. The van der Waals surface area contributed by atoms with Gasteiger partial charge >= 0.3 is 0 Å². The highest BCUT2D eigenvalue weighted by Crippen LogP contribution is 2.34. The molecule has 1 heterocycles. The molecular weight excluding hydrogens is 280 g/mol. The molecule has 0 aliphatic heterocycles. The van der Waals surface area contributed by atoms with Crippen LogP contribution in [0.1, 0.15) is 18.9 Å². The van der Waals surface area contributed by atoms with E-state index in [1.165, 1.54) is 5.56 Å². The molecule has 2 aromatic rings. The van der Waals surface area contributed by atoms with Crippen molar-refractivity contribution >= 4 is 23.4 Å². The lowest BCUT2D eigenvalue weighted by atomic mass is 10.2. The smallest absolute Gasteiger partial charge is 0.195 e. The van der Waals surface area contributed by atoms with Crippen molar-refractivity contribution < 1.29 is 0 Å². The summed E-state index contributed by atoms with van der Waals surface area (Å²) in [5.74, 6) is 0. The molecule has 6 heteroatoms. The molecule has 0 atom stereocenters. The van der Waals surface area contributed by atoms with Crippen LogP contribution in [0, 0.1) is 0 Å². The van der Waals surface area contributed by atoms with Gasteiger partial charge < -0.3 is 9.88 Å². The normalized spacial score (nSPS) is 10.9. The van der Waals surface area contributed by atoms with Gasteiger partial charge in [0.25, 0.3) is 0 Å². The molecule has 0 saturated carbocycles. The maximum Gasteiger partial charge on any atom is 0.195 e. The van der Waals surface area contributed by atoms with E-state index in [0.717, 1.165) is 34.6 Å². The highest BCUT2D eigenvalue weighted by molar-refractivity contribution is 7.99. The highest BCUT2D eigenvalue weighted by Gasteiger charge is 2.11. The Labute approximate surface area is 122 Å². The maximum absolute atomic E-state index is 6.31. The zero-order chi connectivity index (χ0) is 13.7. The Morgan fingerprint density at radius 1 is 1.42 bits per heavy atom. The Morgan fingerprint density at radius 2 is 2.26 bits per heavy atom. The van der Waals surface area contributed by atoms with Crippen molar-refractivity contribution in [3.05, 3.63) is 35.1 Å². The van der Waals surface area contributed by atoms with Crippen LogP contribution in [-0.2, 0) is 13.6 Å². The molecule has 0 unspecified atom stereocenters. The van der Waals surface area contributed by atoms with Gasteiger partial charge in [-0.25, -0.2) is 0 Å². The lowest BCUT2D eigenvalue weighted by molar-refractivity contribution is 0.669. The van der Waals surface area contributed by atoms with E-state index in [9.17, 15) is 0 Å². The molecule has 0 amide bonds. The molecule has 0 aliphatic rings. The first-order valence-electron chi connectivity index (χ1n) is 6.22. The second-order valence-electron chi connectivity index (χ2n) is 4.23. The Kier molecular flexibility index (Phi) is 5.24. The molecule has 4 nitrogen and oxygen atoms in total. The van der Waals surface area contributed by atoms with Crippen LogP contribution >= 0.6 is 23.4 Å². The first kappa shape index (κ1) is 14.4. The van der Waals surface area contributed by atoms with Gasteiger partial charge in [-0.05, 0) is 36.4 Å². The van der Waals surface area contributed by atoms with E-state index < -0.39 is 0 Å². The predicted molar refractivity (Wildman–Crippen MR) is 78.6 cm³/mol. The van der Waals surface area contributed by atoms with Gasteiger partial charge in [-0.1, -0.05) is 30.7 Å². The van der Waals surface area contributed by atoms with Crippen molar-refractivity contribution in [1.82, 2.24) is 20.1 Å². The van der Waals surface area contributed by atoms with E-state index in [4.69, 9.17) is 11.6 Å². The van der Waals surface area contributed by atoms with Crippen molar-refractivity contribution in [3.63, 3.8) is 0 Å². The van der Waals surface area contributed by atoms with Crippen LogP contribution in [0.15, 0.2) is 34.6 Å². The summed E-state index contributed by atoms with van der Waals surface area (Å²) in [6.07, 6.45) is 2.81. The fourth-order valence-corrected chi connectivity index (χ4v) is 2.87. The van der Waals surface area contributed by atoms with Crippen LogP contribution < -0.4 is 5.32 Å². The Bertz CT molecular complexity index is 541. The van der Waals surface area contributed by atoms with Crippen molar-refractivity contribution in [2.75, 3.05) is 6.54 Å². The minimum atomic E-state index is 0.754. The number of aryl methyl sites for hydroxylation is 1. The SMILES string of the molecule is CCCNCc1cccc(Cl)c1Sc1nncn1C. The molecule has 0 saturated heterocycles. The molecule has 1 aromatic carbocycles. The lowest BCUT2D eigenvalue weighted by Gasteiger charge is -2.11. The Hall–Kier alpha value is -1.04. The van der Waals surface area contributed by atoms with E-state index in [2.05, 4.69) is 28.5 Å². The number of nitrogens with one attached hydrogen (secondary N) is 1. The number of benzene rings is 1. The van der Waals surface area contributed by atoms with E-state index in [1.54, 1.807) is 18.1 Å². The van der Waals surface area contributed by atoms with Crippen LogP contribution in [0.2, 0.25) is 5.02 Å². The minimum absolute atomic E-state index is 0.754. The van der Waals surface area contributed by atoms with Gasteiger partial charge in [0, 0.05) is 18.5 Å². The van der Waals surface area contributed by atoms with Crippen LogP contribution in [-0.4, -0.2) is 21.3 Å². The third-order valence-corrected chi connectivity index (χ3v) is 4.32. The summed E-state index contributed by atoms with van der Waals surface area (Å²) in [6, 6.07) is 5.98. The summed E-state index contributed by atoms with van der Waals surface area (Å²) >= 11 is 7.85. The van der Waals surface area contributed by atoms with Gasteiger partial charge in [0.2, 0.25) is 0 Å². The molecule has 1 N–H and O–H groups in total. The quantitative estimate of drug-likeness (QED) is 0.832. The van der Waals surface area contributed by atoms with Crippen LogP contribution in [0.3, 0.4) is 0 Å². The summed E-state index contributed by atoms with van der Waals surface area (Å²) in [7, 11) is 1.92. The van der Waals surface area contributed by atoms with Crippen molar-refractivity contribution in [1.29, 1.82) is 0 Å². The third-order valence-electron chi connectivity index (χ3n) is 2.65. The van der Waals surface area contributed by atoms with Crippen LogP contribution in [0.4, 0.5) is 0 Å². The predicted octanol–water partition coefficient (Wildman–Crippen LogP) is 3.12. The van der Waals surface area contributed by atoms with E-state index in [1.807, 2.05) is 23.7 Å². The first-order chi connectivity index (χ1) is 9.22.